The Bertz CT molecular complexity index is 650. The van der Waals surface area contributed by atoms with Gasteiger partial charge in [-0.2, -0.15) is 0 Å². The number of benzene rings is 1. The number of carbonyl (C=O) groups excluding carboxylic acids is 1. The van der Waals surface area contributed by atoms with Crippen LogP contribution in [0, 0.1) is 0 Å². The van der Waals surface area contributed by atoms with E-state index in [0.29, 0.717) is 12.8 Å². The summed E-state index contributed by atoms with van der Waals surface area (Å²) in [6.45, 7) is 1.70. The number of carboxylic acid groups (broad SMARTS) is 1. The van der Waals surface area contributed by atoms with Crippen molar-refractivity contribution in [2.45, 2.75) is 31.8 Å². The van der Waals surface area contributed by atoms with Crippen molar-refractivity contribution in [3.8, 4) is 0 Å². The lowest BCUT2D eigenvalue weighted by molar-refractivity contribution is -0.142. The Morgan fingerprint density at radius 2 is 2.10 bits per heavy atom. The molecule has 1 heterocycles. The van der Waals surface area contributed by atoms with Gasteiger partial charge >= 0.3 is 5.97 Å². The molecule has 2 aromatic rings. The van der Waals surface area contributed by atoms with E-state index in [4.69, 9.17) is 10.8 Å². The van der Waals surface area contributed by atoms with Gasteiger partial charge in [-0.05, 0) is 24.5 Å². The van der Waals surface area contributed by atoms with Gasteiger partial charge in [0.15, 0.2) is 0 Å². The molecule has 1 aromatic carbocycles. The van der Waals surface area contributed by atoms with Gasteiger partial charge < -0.3 is 21.1 Å². The van der Waals surface area contributed by atoms with E-state index in [-0.39, 0.29) is 0 Å². The number of carbonyl (C=O) groups is 2. The number of para-hydroxylation sites is 1. The monoisotopic (exact) mass is 289 g/mol. The van der Waals surface area contributed by atoms with Crippen LogP contribution in [-0.2, 0) is 16.0 Å². The summed E-state index contributed by atoms with van der Waals surface area (Å²) in [6.07, 6.45) is 2.50. The standard InChI is InChI=1S/C15H19N3O3/c1-2-12(15(20)21)18-14(19)11(16)7-9-8-17-13-6-4-3-5-10(9)13/h3-6,8,11-12,17H,2,7,16H2,1H3,(H,18,19)(H,20,21)/t11-,12-/m0/s1. The molecule has 6 heteroatoms. The lowest BCUT2D eigenvalue weighted by Gasteiger charge is -2.16. The zero-order valence-electron chi connectivity index (χ0n) is 11.8. The molecule has 0 bridgehead atoms. The minimum Gasteiger partial charge on any atom is -0.480 e. The van der Waals surface area contributed by atoms with Gasteiger partial charge in [0.1, 0.15) is 6.04 Å². The molecule has 0 spiro atoms. The van der Waals surface area contributed by atoms with Crippen LogP contribution in [0.2, 0.25) is 0 Å². The zero-order valence-corrected chi connectivity index (χ0v) is 11.8. The number of aliphatic carboxylic acids is 1. The maximum atomic E-state index is 12.0. The molecule has 1 aromatic heterocycles. The van der Waals surface area contributed by atoms with E-state index in [1.54, 1.807) is 6.92 Å². The number of H-pyrrole nitrogens is 1. The molecule has 112 valence electrons. The van der Waals surface area contributed by atoms with Crippen molar-refractivity contribution in [1.29, 1.82) is 0 Å². The third-order valence-electron chi connectivity index (χ3n) is 3.47. The Labute approximate surface area is 122 Å². The molecule has 0 radical (unpaired) electrons. The molecule has 0 saturated heterocycles. The van der Waals surface area contributed by atoms with Crippen molar-refractivity contribution >= 4 is 22.8 Å². The average molecular weight is 289 g/mol. The number of nitrogens with two attached hydrogens (primary N) is 1. The lowest BCUT2D eigenvalue weighted by Crippen LogP contribution is -2.48. The molecule has 0 aliphatic carbocycles. The molecule has 0 saturated carbocycles. The summed E-state index contributed by atoms with van der Waals surface area (Å²) in [6, 6.07) is 6.07. The highest BCUT2D eigenvalue weighted by atomic mass is 16.4. The number of hydrogen-bond acceptors (Lipinski definition) is 3. The Balaban J connectivity index is 2.05. The summed E-state index contributed by atoms with van der Waals surface area (Å²) in [4.78, 5) is 26.0. The predicted octanol–water partition coefficient (Wildman–Crippen LogP) is 1.02. The number of aromatic nitrogens is 1. The van der Waals surface area contributed by atoms with E-state index in [9.17, 15) is 9.59 Å². The fourth-order valence-electron chi connectivity index (χ4n) is 2.25. The molecule has 6 nitrogen and oxygen atoms in total. The van der Waals surface area contributed by atoms with Crippen molar-refractivity contribution in [3.05, 3.63) is 36.0 Å². The molecule has 0 fully saturated rings. The van der Waals surface area contributed by atoms with Crippen LogP contribution in [0.1, 0.15) is 18.9 Å². The largest absolute Gasteiger partial charge is 0.480 e. The van der Waals surface area contributed by atoms with Gasteiger partial charge in [0.2, 0.25) is 5.91 Å². The number of aromatic amines is 1. The first-order valence-electron chi connectivity index (χ1n) is 6.86. The highest BCUT2D eigenvalue weighted by molar-refractivity contribution is 5.88. The van der Waals surface area contributed by atoms with Crippen LogP contribution < -0.4 is 11.1 Å². The fraction of sp³-hybridized carbons (Fsp3) is 0.333. The highest BCUT2D eigenvalue weighted by Gasteiger charge is 2.22. The van der Waals surface area contributed by atoms with Gasteiger partial charge in [-0.25, -0.2) is 4.79 Å². The van der Waals surface area contributed by atoms with Gasteiger partial charge in [0.05, 0.1) is 6.04 Å². The summed E-state index contributed by atoms with van der Waals surface area (Å²) in [7, 11) is 0. The normalized spacial score (nSPS) is 13.8. The molecule has 0 unspecified atom stereocenters. The van der Waals surface area contributed by atoms with E-state index < -0.39 is 24.0 Å². The Hall–Kier alpha value is -2.34. The second-order valence-electron chi connectivity index (χ2n) is 4.98. The summed E-state index contributed by atoms with van der Waals surface area (Å²) in [5.41, 5.74) is 7.81. The van der Waals surface area contributed by atoms with Gasteiger partial charge in [-0.1, -0.05) is 25.1 Å². The van der Waals surface area contributed by atoms with E-state index >= 15 is 0 Å². The van der Waals surface area contributed by atoms with Crippen molar-refractivity contribution < 1.29 is 14.7 Å². The first-order valence-corrected chi connectivity index (χ1v) is 6.86. The zero-order chi connectivity index (χ0) is 15.4. The van der Waals surface area contributed by atoms with Crippen LogP contribution in [0.15, 0.2) is 30.5 Å². The smallest absolute Gasteiger partial charge is 0.326 e. The second-order valence-corrected chi connectivity index (χ2v) is 4.98. The Morgan fingerprint density at radius 3 is 2.76 bits per heavy atom. The van der Waals surface area contributed by atoms with Gasteiger partial charge in [0.25, 0.3) is 0 Å². The average Bonchev–Trinajstić information content (AvgIpc) is 2.87. The minimum absolute atomic E-state index is 0.320. The molecular weight excluding hydrogens is 270 g/mol. The molecule has 5 N–H and O–H groups in total. The number of nitrogens with one attached hydrogen (secondary N) is 2. The Kier molecular flexibility index (Phi) is 4.59. The van der Waals surface area contributed by atoms with Crippen LogP contribution in [-0.4, -0.2) is 34.1 Å². The quantitative estimate of drug-likeness (QED) is 0.636. The van der Waals surface area contributed by atoms with E-state index in [1.807, 2.05) is 30.5 Å². The van der Waals surface area contributed by atoms with Gasteiger partial charge in [-0.15, -0.1) is 0 Å². The molecule has 0 aliphatic rings. The second kappa shape index (κ2) is 6.41. The van der Waals surface area contributed by atoms with Crippen molar-refractivity contribution in [1.82, 2.24) is 10.3 Å². The molecular formula is C15H19N3O3. The maximum Gasteiger partial charge on any atom is 0.326 e. The maximum absolute atomic E-state index is 12.0. The topological polar surface area (TPSA) is 108 Å². The van der Waals surface area contributed by atoms with Gasteiger partial charge in [0, 0.05) is 17.1 Å². The molecule has 0 aliphatic heterocycles. The van der Waals surface area contributed by atoms with Crippen molar-refractivity contribution in [2.75, 3.05) is 0 Å². The third kappa shape index (κ3) is 3.41. The van der Waals surface area contributed by atoms with E-state index in [2.05, 4.69) is 10.3 Å². The summed E-state index contributed by atoms with van der Waals surface area (Å²) in [5, 5.41) is 12.4. The summed E-state index contributed by atoms with van der Waals surface area (Å²) in [5.74, 6) is -1.50. The number of hydrogen-bond donors (Lipinski definition) is 4. The van der Waals surface area contributed by atoms with Crippen LogP contribution in [0.3, 0.4) is 0 Å². The molecule has 2 atom stereocenters. The van der Waals surface area contributed by atoms with Crippen molar-refractivity contribution in [3.63, 3.8) is 0 Å². The summed E-state index contributed by atoms with van der Waals surface area (Å²) < 4.78 is 0. The number of rotatable bonds is 6. The first kappa shape index (κ1) is 15.1. The number of carboxylic acids is 1. The molecule has 2 rings (SSSR count). The van der Waals surface area contributed by atoms with Crippen LogP contribution in [0.4, 0.5) is 0 Å². The first-order chi connectivity index (χ1) is 10.0. The SMILES string of the molecule is CC[C@H](NC(=O)[C@@H](N)Cc1c[nH]c2ccccc12)C(=O)O. The number of fused-ring (bicyclic) bond motifs is 1. The predicted molar refractivity (Wildman–Crippen MR) is 79.8 cm³/mol. The molecule has 1 amide bonds. The third-order valence-corrected chi connectivity index (χ3v) is 3.47. The highest BCUT2D eigenvalue weighted by Crippen LogP contribution is 2.18. The fourth-order valence-corrected chi connectivity index (χ4v) is 2.25. The summed E-state index contributed by atoms with van der Waals surface area (Å²) >= 11 is 0. The van der Waals surface area contributed by atoms with Gasteiger partial charge in [-0.3, -0.25) is 4.79 Å². The Morgan fingerprint density at radius 1 is 1.38 bits per heavy atom. The van der Waals surface area contributed by atoms with Crippen LogP contribution in [0.25, 0.3) is 10.9 Å². The van der Waals surface area contributed by atoms with E-state index in [1.165, 1.54) is 0 Å². The molecule has 21 heavy (non-hydrogen) atoms. The lowest BCUT2D eigenvalue weighted by atomic mass is 10.0. The van der Waals surface area contributed by atoms with Crippen LogP contribution in [0.5, 0.6) is 0 Å². The van der Waals surface area contributed by atoms with Crippen LogP contribution >= 0.6 is 0 Å². The number of amides is 1. The van der Waals surface area contributed by atoms with E-state index in [0.717, 1.165) is 16.5 Å². The van der Waals surface area contributed by atoms with Crippen molar-refractivity contribution in [2.24, 2.45) is 5.73 Å². The minimum atomic E-state index is -1.05.